The highest BCUT2D eigenvalue weighted by Crippen LogP contribution is 2.66. The molecule has 0 unspecified atom stereocenters. The number of hydrogen-bond acceptors (Lipinski definition) is 1. The lowest BCUT2D eigenvalue weighted by Crippen LogP contribution is -2.29. The van der Waals surface area contributed by atoms with Crippen molar-refractivity contribution in [1.29, 1.82) is 0 Å². The zero-order valence-corrected chi connectivity index (χ0v) is 41.6. The first-order chi connectivity index (χ1) is 37.7. The van der Waals surface area contributed by atoms with Crippen LogP contribution in [0.25, 0.3) is 55.6 Å². The van der Waals surface area contributed by atoms with Crippen LogP contribution in [0, 0.1) is 0 Å². The normalized spacial score (nSPS) is 14.9. The van der Waals surface area contributed by atoms with Crippen LogP contribution < -0.4 is 4.90 Å². The molecule has 76 heavy (non-hydrogen) atoms. The van der Waals surface area contributed by atoms with E-state index in [1.165, 1.54) is 122 Å². The molecule has 0 radical (unpaired) electrons. The van der Waals surface area contributed by atoms with Crippen LogP contribution in [-0.2, 0) is 16.2 Å². The van der Waals surface area contributed by atoms with Gasteiger partial charge in [0.2, 0.25) is 0 Å². The smallest absolute Gasteiger partial charge is 0.0726 e. The summed E-state index contributed by atoms with van der Waals surface area (Å²) in [6.45, 7) is 0. The molecular weight excluding hydrogens is 915 g/mol. The fraction of sp³-hybridized carbons (Fsp3) is 0.0400. The molecule has 0 aliphatic heterocycles. The first kappa shape index (κ1) is 41.9. The largest absolute Gasteiger partial charge is 0.310 e. The Morgan fingerprint density at radius 3 is 0.658 bits per heavy atom. The van der Waals surface area contributed by atoms with Crippen LogP contribution in [0.4, 0.5) is 17.1 Å². The van der Waals surface area contributed by atoms with E-state index in [2.05, 4.69) is 290 Å². The third kappa shape index (κ3) is 5.06. The van der Waals surface area contributed by atoms with E-state index in [0.717, 1.165) is 17.1 Å². The summed E-state index contributed by atoms with van der Waals surface area (Å²) >= 11 is 0. The zero-order valence-electron chi connectivity index (χ0n) is 41.6. The van der Waals surface area contributed by atoms with Crippen molar-refractivity contribution >= 4 is 17.1 Å². The van der Waals surface area contributed by atoms with Gasteiger partial charge in [-0.1, -0.05) is 249 Å². The van der Waals surface area contributed by atoms with Gasteiger partial charge in [-0.2, -0.15) is 0 Å². The van der Waals surface area contributed by atoms with Crippen molar-refractivity contribution in [1.82, 2.24) is 0 Å². The van der Waals surface area contributed by atoms with Gasteiger partial charge in [0.25, 0.3) is 0 Å². The standard InChI is InChI=1S/C75H47N/c1-3-21-48(22-4-1)73(49-23-5-2-6-24-49)63-32-14-7-29-57(63)60-42-39-50(45-70(60)73)76(51-40-43-61-58-30-12-19-37-68(58)74(71(61)46-51)64-33-15-8-25-53(64)54-26-9-16-34-65(54)74)52-41-44-62-59-31-13-20-38-69(59)75(72(62)47-52)66-35-17-10-27-55(66)56-28-11-18-36-67(56)75/h1-47H. The summed E-state index contributed by atoms with van der Waals surface area (Å²) in [6, 6.07) is 108. The van der Waals surface area contributed by atoms with Crippen LogP contribution in [0.5, 0.6) is 0 Å². The van der Waals surface area contributed by atoms with E-state index in [0.29, 0.717) is 0 Å². The van der Waals surface area contributed by atoms with E-state index in [1.54, 1.807) is 0 Å². The van der Waals surface area contributed by atoms with Crippen molar-refractivity contribution < 1.29 is 0 Å². The van der Waals surface area contributed by atoms with Gasteiger partial charge in [0, 0.05) is 17.1 Å². The molecule has 0 heterocycles. The number of rotatable bonds is 5. The van der Waals surface area contributed by atoms with Gasteiger partial charge in [0.05, 0.1) is 16.2 Å². The van der Waals surface area contributed by atoms with Crippen molar-refractivity contribution in [2.45, 2.75) is 16.2 Å². The van der Waals surface area contributed by atoms with Gasteiger partial charge >= 0.3 is 0 Å². The van der Waals surface area contributed by atoms with Gasteiger partial charge in [-0.05, 0) is 159 Å². The van der Waals surface area contributed by atoms with Crippen molar-refractivity contribution in [3.63, 3.8) is 0 Å². The maximum Gasteiger partial charge on any atom is 0.0726 e. The molecule has 0 saturated heterocycles. The third-order valence-corrected chi connectivity index (χ3v) is 18.2. The second-order valence-electron chi connectivity index (χ2n) is 21.3. The molecule has 1 heteroatoms. The maximum atomic E-state index is 2.58. The predicted octanol–water partition coefficient (Wildman–Crippen LogP) is 18.2. The molecule has 5 aliphatic carbocycles. The highest BCUT2D eigenvalue weighted by molar-refractivity contribution is 5.99. The van der Waals surface area contributed by atoms with E-state index in [4.69, 9.17) is 0 Å². The lowest BCUT2D eigenvalue weighted by Gasteiger charge is -2.35. The van der Waals surface area contributed by atoms with E-state index in [1.807, 2.05) is 0 Å². The molecule has 0 bridgehead atoms. The van der Waals surface area contributed by atoms with Crippen LogP contribution in [0.1, 0.15) is 66.8 Å². The average molecular weight is 962 g/mol. The van der Waals surface area contributed by atoms with Crippen molar-refractivity contribution in [2.24, 2.45) is 0 Å². The van der Waals surface area contributed by atoms with E-state index >= 15 is 0 Å². The Morgan fingerprint density at radius 2 is 0.382 bits per heavy atom. The van der Waals surface area contributed by atoms with Gasteiger partial charge in [-0.3, -0.25) is 0 Å². The molecular formula is C75H47N. The Bertz CT molecular complexity index is 3920. The Morgan fingerprint density at radius 1 is 0.171 bits per heavy atom. The highest BCUT2D eigenvalue weighted by Gasteiger charge is 2.54. The highest BCUT2D eigenvalue weighted by atomic mass is 15.1. The Balaban J connectivity index is 0.970. The molecule has 12 aromatic carbocycles. The fourth-order valence-electron chi connectivity index (χ4n) is 15.5. The number of anilines is 3. The summed E-state index contributed by atoms with van der Waals surface area (Å²) in [7, 11) is 0. The molecule has 0 atom stereocenters. The van der Waals surface area contributed by atoms with Crippen LogP contribution in [-0.4, -0.2) is 0 Å². The minimum Gasteiger partial charge on any atom is -0.310 e. The number of hydrogen-bond donors (Lipinski definition) is 0. The minimum absolute atomic E-state index is 0.503. The van der Waals surface area contributed by atoms with Crippen molar-refractivity contribution in [3.05, 3.63) is 352 Å². The van der Waals surface area contributed by atoms with Crippen LogP contribution in [0.2, 0.25) is 0 Å². The summed E-state index contributed by atoms with van der Waals surface area (Å²) in [5.74, 6) is 0. The van der Waals surface area contributed by atoms with Gasteiger partial charge in [-0.25, -0.2) is 0 Å². The van der Waals surface area contributed by atoms with E-state index in [9.17, 15) is 0 Å². The van der Waals surface area contributed by atoms with E-state index < -0.39 is 16.2 Å². The van der Waals surface area contributed by atoms with E-state index in [-0.39, 0.29) is 0 Å². The Hall–Kier alpha value is -9.56. The quantitative estimate of drug-likeness (QED) is 0.166. The Labute approximate surface area is 443 Å². The first-order valence-corrected chi connectivity index (χ1v) is 26.7. The van der Waals surface area contributed by atoms with Crippen molar-refractivity contribution in [3.8, 4) is 55.6 Å². The molecule has 17 rings (SSSR count). The lowest BCUT2D eigenvalue weighted by atomic mass is 9.67. The van der Waals surface area contributed by atoms with Gasteiger partial charge in [0.15, 0.2) is 0 Å². The van der Waals surface area contributed by atoms with Crippen LogP contribution in [0.15, 0.2) is 285 Å². The third-order valence-electron chi connectivity index (χ3n) is 18.2. The summed E-state index contributed by atoms with van der Waals surface area (Å²) in [5, 5.41) is 0. The van der Waals surface area contributed by atoms with Gasteiger partial charge in [0.1, 0.15) is 0 Å². The Kier molecular flexibility index (Phi) is 8.41. The SMILES string of the molecule is c1ccc(C2(c3ccccc3)c3ccccc3-c3ccc(N(c4ccc5c(c4)C4(c6ccccc6-c6ccccc64)c4ccccc4-5)c4ccc5c(c4)C4(c6ccccc6-c6ccccc64)c4ccccc4-5)cc32)cc1. The van der Waals surface area contributed by atoms with Crippen LogP contribution in [0.3, 0.4) is 0 Å². The topological polar surface area (TPSA) is 3.24 Å². The number of fused-ring (bicyclic) bond motifs is 23. The lowest BCUT2D eigenvalue weighted by molar-refractivity contribution is 0.768. The molecule has 352 valence electrons. The number of nitrogens with zero attached hydrogens (tertiary/aromatic N) is 1. The summed E-state index contributed by atoms with van der Waals surface area (Å²) < 4.78 is 0. The second-order valence-corrected chi connectivity index (χ2v) is 21.3. The molecule has 0 fully saturated rings. The molecule has 0 N–H and O–H groups in total. The van der Waals surface area contributed by atoms with Gasteiger partial charge < -0.3 is 4.90 Å². The van der Waals surface area contributed by atoms with Gasteiger partial charge in [-0.15, -0.1) is 0 Å². The maximum absolute atomic E-state index is 2.58. The summed E-state index contributed by atoms with van der Waals surface area (Å²) in [6.07, 6.45) is 0. The second kappa shape index (κ2) is 15.3. The average Bonchev–Trinajstić information content (AvgIpc) is 4.43. The van der Waals surface area contributed by atoms with Crippen LogP contribution >= 0.6 is 0 Å². The molecule has 5 aliphatic rings. The molecule has 0 aromatic heterocycles. The zero-order chi connectivity index (χ0) is 49.7. The first-order valence-electron chi connectivity index (χ1n) is 26.7. The molecule has 2 spiro atoms. The monoisotopic (exact) mass is 961 g/mol. The molecule has 0 saturated carbocycles. The molecule has 12 aromatic rings. The molecule has 1 nitrogen and oxygen atoms in total. The van der Waals surface area contributed by atoms with Crippen molar-refractivity contribution in [2.75, 3.05) is 4.90 Å². The summed E-state index contributed by atoms with van der Waals surface area (Å²) in [4.78, 5) is 2.58. The molecule has 0 amide bonds. The number of benzene rings is 12. The fourth-order valence-corrected chi connectivity index (χ4v) is 15.5. The minimum atomic E-state index is -0.571. The predicted molar refractivity (Wildman–Crippen MR) is 311 cm³/mol. The summed E-state index contributed by atoms with van der Waals surface area (Å²) in [5.41, 5.74) is 30.4.